The van der Waals surface area contributed by atoms with Gasteiger partial charge in [-0.25, -0.2) is 9.78 Å². The van der Waals surface area contributed by atoms with Gasteiger partial charge in [-0.2, -0.15) is 0 Å². The van der Waals surface area contributed by atoms with Crippen molar-refractivity contribution >= 4 is 34.3 Å². The van der Waals surface area contributed by atoms with Gasteiger partial charge in [0, 0.05) is 12.4 Å². The number of carboxylic acid groups (broad SMARTS) is 1. The van der Waals surface area contributed by atoms with Crippen LogP contribution < -0.4 is 5.32 Å². The molecule has 0 radical (unpaired) electrons. The Hall–Kier alpha value is -1.96. The number of anilines is 1. The van der Waals surface area contributed by atoms with Gasteiger partial charge in [-0.05, 0) is 0 Å². The molecule has 17 heavy (non-hydrogen) atoms. The van der Waals surface area contributed by atoms with Gasteiger partial charge in [0.2, 0.25) is 5.91 Å². The first kappa shape index (κ1) is 11.5. The second-order valence-corrected chi connectivity index (χ2v) is 4.39. The van der Waals surface area contributed by atoms with E-state index in [4.69, 9.17) is 5.11 Å². The molecule has 0 bridgehead atoms. The zero-order valence-corrected chi connectivity index (χ0v) is 9.65. The SMILES string of the molecule is CN1C(=O)CC(Nc2nc(C(=O)O)cs2)C1=O. The molecule has 2 amide bonds. The molecule has 1 aromatic heterocycles. The lowest BCUT2D eigenvalue weighted by Crippen LogP contribution is -2.31. The summed E-state index contributed by atoms with van der Waals surface area (Å²) in [5.74, 6) is -1.72. The lowest BCUT2D eigenvalue weighted by atomic mass is 10.2. The highest BCUT2D eigenvalue weighted by molar-refractivity contribution is 7.13. The summed E-state index contributed by atoms with van der Waals surface area (Å²) in [6.45, 7) is 0. The molecule has 2 N–H and O–H groups in total. The van der Waals surface area contributed by atoms with Gasteiger partial charge in [0.15, 0.2) is 10.8 Å². The van der Waals surface area contributed by atoms with Crippen molar-refractivity contribution in [3.63, 3.8) is 0 Å². The summed E-state index contributed by atoms with van der Waals surface area (Å²) in [6, 6.07) is -0.653. The number of nitrogens with zero attached hydrogens (tertiary/aromatic N) is 2. The highest BCUT2D eigenvalue weighted by Crippen LogP contribution is 2.20. The summed E-state index contributed by atoms with van der Waals surface area (Å²) in [7, 11) is 1.41. The van der Waals surface area contributed by atoms with Gasteiger partial charge in [-0.15, -0.1) is 11.3 Å². The van der Waals surface area contributed by atoms with Gasteiger partial charge in [0.1, 0.15) is 6.04 Å². The Labute approximate surface area is 100 Å². The van der Waals surface area contributed by atoms with E-state index in [0.29, 0.717) is 5.13 Å². The monoisotopic (exact) mass is 255 g/mol. The van der Waals surface area contributed by atoms with E-state index in [1.807, 2.05) is 0 Å². The summed E-state index contributed by atoms with van der Waals surface area (Å²) in [6.07, 6.45) is 0.0668. The minimum atomic E-state index is -1.12. The molecule has 1 aliphatic heterocycles. The molecule has 1 unspecified atom stereocenters. The highest BCUT2D eigenvalue weighted by Gasteiger charge is 2.36. The van der Waals surface area contributed by atoms with Crippen molar-refractivity contribution in [1.29, 1.82) is 0 Å². The first-order valence-electron chi connectivity index (χ1n) is 4.75. The fraction of sp³-hybridized carbons (Fsp3) is 0.333. The van der Waals surface area contributed by atoms with Gasteiger partial charge < -0.3 is 10.4 Å². The maximum atomic E-state index is 11.6. The minimum absolute atomic E-state index is 0.0668. The zero-order chi connectivity index (χ0) is 12.6. The van der Waals surface area contributed by atoms with Crippen LogP contribution in [0.15, 0.2) is 5.38 Å². The Balaban J connectivity index is 2.09. The van der Waals surface area contributed by atoms with Crippen LogP contribution in [0.5, 0.6) is 0 Å². The third-order valence-electron chi connectivity index (χ3n) is 2.40. The molecule has 0 aromatic carbocycles. The molecule has 0 spiro atoms. The van der Waals surface area contributed by atoms with E-state index in [2.05, 4.69) is 10.3 Å². The number of likely N-dealkylation sites (N-methyl/N-ethyl adjacent to an activating group) is 1. The molecule has 90 valence electrons. The van der Waals surface area contributed by atoms with Crippen LogP contribution >= 0.6 is 11.3 Å². The third-order valence-corrected chi connectivity index (χ3v) is 3.18. The average molecular weight is 255 g/mol. The van der Waals surface area contributed by atoms with Crippen LogP contribution in [0.25, 0.3) is 0 Å². The van der Waals surface area contributed by atoms with Crippen LogP contribution in [0.1, 0.15) is 16.9 Å². The molecular weight excluding hydrogens is 246 g/mol. The standard InChI is InChI=1S/C9H9N3O4S/c1-12-6(13)2-4(7(12)14)10-9-11-5(3-17-9)8(15)16/h3-4H,2H2,1H3,(H,10,11)(H,15,16). The summed E-state index contributed by atoms with van der Waals surface area (Å²) in [4.78, 5) is 38.3. The summed E-state index contributed by atoms with van der Waals surface area (Å²) < 4.78 is 0. The average Bonchev–Trinajstić information content (AvgIpc) is 2.82. The Bertz CT molecular complexity index is 498. The number of thiazole rings is 1. The number of carbonyl (C=O) groups is 3. The number of rotatable bonds is 3. The molecule has 1 fully saturated rings. The molecule has 0 saturated carbocycles. The number of aromatic carboxylic acids is 1. The van der Waals surface area contributed by atoms with Gasteiger partial charge in [0.05, 0.1) is 6.42 Å². The van der Waals surface area contributed by atoms with E-state index in [1.54, 1.807) is 0 Å². The highest BCUT2D eigenvalue weighted by atomic mass is 32.1. The summed E-state index contributed by atoms with van der Waals surface area (Å²) in [5, 5.41) is 13.1. The second kappa shape index (κ2) is 4.13. The molecule has 2 heterocycles. The number of imide groups is 1. The Morgan fingerprint density at radius 1 is 1.65 bits per heavy atom. The topological polar surface area (TPSA) is 99.6 Å². The largest absolute Gasteiger partial charge is 0.476 e. The number of hydrogen-bond acceptors (Lipinski definition) is 6. The van der Waals surface area contributed by atoms with Gasteiger partial charge >= 0.3 is 5.97 Å². The van der Waals surface area contributed by atoms with E-state index < -0.39 is 12.0 Å². The van der Waals surface area contributed by atoms with E-state index in [0.717, 1.165) is 16.2 Å². The Kier molecular flexibility index (Phi) is 2.80. The Morgan fingerprint density at radius 3 is 2.82 bits per heavy atom. The van der Waals surface area contributed by atoms with Crippen molar-refractivity contribution in [2.75, 3.05) is 12.4 Å². The normalized spacial score (nSPS) is 19.8. The first-order chi connectivity index (χ1) is 7.99. The number of nitrogens with one attached hydrogen (secondary N) is 1. The van der Waals surface area contributed by atoms with Crippen molar-refractivity contribution in [2.24, 2.45) is 0 Å². The summed E-state index contributed by atoms with van der Waals surface area (Å²) >= 11 is 1.08. The smallest absolute Gasteiger partial charge is 0.355 e. The predicted molar refractivity (Wildman–Crippen MR) is 58.9 cm³/mol. The van der Waals surface area contributed by atoms with E-state index in [1.165, 1.54) is 12.4 Å². The quantitative estimate of drug-likeness (QED) is 0.738. The first-order valence-corrected chi connectivity index (χ1v) is 5.62. The van der Waals surface area contributed by atoms with Gasteiger partial charge in [-0.1, -0.05) is 0 Å². The summed E-state index contributed by atoms with van der Waals surface area (Å²) in [5.41, 5.74) is -0.0809. The van der Waals surface area contributed by atoms with Crippen LogP contribution in [0.3, 0.4) is 0 Å². The molecule has 1 atom stereocenters. The number of carbonyl (C=O) groups excluding carboxylic acids is 2. The van der Waals surface area contributed by atoms with Crippen LogP contribution in [-0.4, -0.2) is 45.9 Å². The van der Waals surface area contributed by atoms with Gasteiger partial charge in [0.25, 0.3) is 5.91 Å². The molecule has 0 aliphatic carbocycles. The molecular formula is C9H9N3O4S. The van der Waals surface area contributed by atoms with Crippen LogP contribution in [-0.2, 0) is 9.59 Å². The van der Waals surface area contributed by atoms with Crippen molar-refractivity contribution in [3.8, 4) is 0 Å². The van der Waals surface area contributed by atoms with Crippen molar-refractivity contribution in [1.82, 2.24) is 9.88 Å². The molecule has 7 nitrogen and oxygen atoms in total. The predicted octanol–water partition coefficient (Wildman–Crippen LogP) is 0.0105. The number of carboxylic acids is 1. The molecule has 2 rings (SSSR count). The lowest BCUT2D eigenvalue weighted by Gasteiger charge is -2.09. The van der Waals surface area contributed by atoms with E-state index >= 15 is 0 Å². The van der Waals surface area contributed by atoms with Crippen molar-refractivity contribution in [3.05, 3.63) is 11.1 Å². The zero-order valence-electron chi connectivity index (χ0n) is 8.84. The third kappa shape index (κ3) is 2.11. The number of amides is 2. The van der Waals surface area contributed by atoms with Gasteiger partial charge in [-0.3, -0.25) is 14.5 Å². The maximum absolute atomic E-state index is 11.6. The molecule has 1 saturated heterocycles. The number of aromatic nitrogens is 1. The number of likely N-dealkylation sites (tertiary alicyclic amines) is 1. The van der Waals surface area contributed by atoms with E-state index in [9.17, 15) is 14.4 Å². The number of hydrogen-bond donors (Lipinski definition) is 2. The lowest BCUT2D eigenvalue weighted by molar-refractivity contribution is -0.136. The molecule has 1 aromatic rings. The fourth-order valence-electron chi connectivity index (χ4n) is 1.46. The Morgan fingerprint density at radius 2 is 2.35 bits per heavy atom. The minimum Gasteiger partial charge on any atom is -0.476 e. The van der Waals surface area contributed by atoms with E-state index in [-0.39, 0.29) is 23.9 Å². The molecule has 8 heteroatoms. The molecule has 1 aliphatic rings. The fourth-order valence-corrected chi connectivity index (χ4v) is 2.19. The maximum Gasteiger partial charge on any atom is 0.355 e. The van der Waals surface area contributed by atoms with Crippen molar-refractivity contribution in [2.45, 2.75) is 12.5 Å². The second-order valence-electron chi connectivity index (χ2n) is 3.54. The van der Waals surface area contributed by atoms with Crippen LogP contribution in [0, 0.1) is 0 Å². The van der Waals surface area contributed by atoms with Crippen LogP contribution in [0.2, 0.25) is 0 Å². The van der Waals surface area contributed by atoms with Crippen LogP contribution in [0.4, 0.5) is 5.13 Å². The van der Waals surface area contributed by atoms with Crippen molar-refractivity contribution < 1.29 is 19.5 Å².